The molecule has 2 aromatic heterocycles. The second kappa shape index (κ2) is 11.0. The number of amides is 2. The minimum atomic E-state index is -0.687. The summed E-state index contributed by atoms with van der Waals surface area (Å²) in [6, 6.07) is 23.5. The number of hydrogen-bond donors (Lipinski definition) is 3. The minimum Gasteiger partial charge on any atom is -0.449 e. The van der Waals surface area contributed by atoms with Gasteiger partial charge in [0.25, 0.3) is 0 Å². The van der Waals surface area contributed by atoms with Gasteiger partial charge in [-0.05, 0) is 59.9 Å². The van der Waals surface area contributed by atoms with E-state index in [0.29, 0.717) is 17.2 Å². The molecule has 0 spiro atoms. The number of ether oxygens (including phenoxy) is 1. The molecule has 1 aliphatic rings. The van der Waals surface area contributed by atoms with Gasteiger partial charge in [-0.1, -0.05) is 48.5 Å². The average Bonchev–Trinajstić information content (AvgIpc) is 3.24. The third-order valence-corrected chi connectivity index (χ3v) is 6.37. The molecule has 0 fully saturated rings. The van der Waals surface area contributed by atoms with Gasteiger partial charge in [0.1, 0.15) is 25.0 Å². The first-order chi connectivity index (χ1) is 18.9. The Morgan fingerprint density at radius 2 is 1.69 bits per heavy atom. The Labute approximate surface area is 225 Å². The van der Waals surface area contributed by atoms with Crippen molar-refractivity contribution in [2.45, 2.75) is 19.8 Å². The summed E-state index contributed by atoms with van der Waals surface area (Å²) in [6.07, 6.45) is 0.692. The number of hydrogen-bond acceptors (Lipinski definition) is 7. The number of carbonyl (C=O) groups is 2. The maximum Gasteiger partial charge on any atom is 0.407 e. The van der Waals surface area contributed by atoms with Gasteiger partial charge in [0, 0.05) is 11.6 Å². The molecule has 0 aliphatic heterocycles. The Morgan fingerprint density at radius 1 is 1.00 bits per heavy atom. The van der Waals surface area contributed by atoms with Gasteiger partial charge in [0.2, 0.25) is 5.91 Å². The van der Waals surface area contributed by atoms with E-state index < -0.39 is 12.0 Å². The van der Waals surface area contributed by atoms with Crippen molar-refractivity contribution in [3.63, 3.8) is 0 Å². The van der Waals surface area contributed by atoms with E-state index >= 15 is 0 Å². The van der Waals surface area contributed by atoms with Crippen LogP contribution in [0, 0.1) is 25.2 Å². The van der Waals surface area contributed by atoms with E-state index in [0.717, 1.165) is 33.5 Å². The first-order valence-corrected chi connectivity index (χ1v) is 12.4. The first-order valence-electron chi connectivity index (χ1n) is 12.4. The second-order valence-electron chi connectivity index (χ2n) is 9.26. The van der Waals surface area contributed by atoms with Crippen molar-refractivity contribution in [1.82, 2.24) is 15.3 Å². The molecule has 0 atom stereocenters. The molecular weight excluding hydrogens is 492 g/mol. The topological polar surface area (TPSA) is 129 Å². The number of fused-ring (bicyclic) bond motifs is 3. The van der Waals surface area contributed by atoms with Crippen LogP contribution in [0.2, 0.25) is 0 Å². The molecule has 9 heteroatoms. The van der Waals surface area contributed by atoms with Crippen molar-refractivity contribution < 1.29 is 14.3 Å². The third kappa shape index (κ3) is 5.70. The summed E-state index contributed by atoms with van der Waals surface area (Å²) in [6.45, 7) is 3.69. The van der Waals surface area contributed by atoms with Gasteiger partial charge in [-0.2, -0.15) is 5.26 Å². The molecule has 2 amide bonds. The SMILES string of the molecule is Cc1cc(C)nc(Nc2cc(NC(=O)CNC(=O)OCC3c4ccccc4-c4ccccc43)cnc2C#N)c1. The number of carbonyl (C=O) groups excluding carboxylic acids is 2. The minimum absolute atomic E-state index is 0.0701. The third-order valence-electron chi connectivity index (χ3n) is 6.37. The normalized spacial score (nSPS) is 11.6. The lowest BCUT2D eigenvalue weighted by Crippen LogP contribution is -2.34. The molecule has 9 nitrogen and oxygen atoms in total. The molecule has 194 valence electrons. The van der Waals surface area contributed by atoms with E-state index in [9.17, 15) is 14.9 Å². The van der Waals surface area contributed by atoms with Crippen LogP contribution in [0.4, 0.5) is 22.0 Å². The Morgan fingerprint density at radius 3 is 2.36 bits per heavy atom. The Balaban J connectivity index is 1.17. The fourth-order valence-corrected chi connectivity index (χ4v) is 4.77. The van der Waals surface area contributed by atoms with E-state index in [-0.39, 0.29) is 24.8 Å². The quantitative estimate of drug-likeness (QED) is 0.307. The van der Waals surface area contributed by atoms with Crippen LogP contribution in [0.1, 0.15) is 34.0 Å². The number of aromatic nitrogens is 2. The Bertz CT molecular complexity index is 1550. The first kappa shape index (κ1) is 25.4. The van der Waals surface area contributed by atoms with Gasteiger partial charge >= 0.3 is 6.09 Å². The van der Waals surface area contributed by atoms with Crippen molar-refractivity contribution in [3.05, 3.63) is 101 Å². The van der Waals surface area contributed by atoms with E-state index in [1.165, 1.54) is 6.20 Å². The highest BCUT2D eigenvalue weighted by molar-refractivity contribution is 5.94. The number of pyridine rings is 2. The molecule has 0 bridgehead atoms. The Kier molecular flexibility index (Phi) is 7.19. The number of benzene rings is 2. The summed E-state index contributed by atoms with van der Waals surface area (Å²) in [5.41, 5.74) is 7.26. The molecule has 2 aromatic carbocycles. The van der Waals surface area contributed by atoms with Gasteiger partial charge in [0.05, 0.1) is 17.6 Å². The highest BCUT2D eigenvalue weighted by atomic mass is 16.5. The average molecular weight is 519 g/mol. The van der Waals surface area contributed by atoms with Gasteiger partial charge < -0.3 is 20.7 Å². The zero-order valence-corrected chi connectivity index (χ0v) is 21.5. The van der Waals surface area contributed by atoms with Crippen molar-refractivity contribution >= 4 is 29.2 Å². The molecule has 0 unspecified atom stereocenters. The van der Waals surface area contributed by atoms with Crippen LogP contribution < -0.4 is 16.0 Å². The molecule has 1 aliphatic carbocycles. The van der Waals surface area contributed by atoms with Gasteiger partial charge in [0.15, 0.2) is 5.69 Å². The molecule has 0 radical (unpaired) electrons. The fraction of sp³-hybridized carbons (Fsp3) is 0.167. The molecular formula is C30H26N6O3. The standard InChI is InChI=1S/C30H26N6O3/c1-18-11-19(2)34-28(12-18)36-26-13-20(15-32-27(26)14-31)35-29(37)16-33-30(38)39-17-25-23-9-5-3-7-21(23)22-8-4-6-10-24(22)25/h3-13,15,25H,16-17H2,1-2H3,(H,33,38)(H,34,36)(H,35,37). The number of anilines is 3. The summed E-state index contributed by atoms with van der Waals surface area (Å²) in [5, 5.41) is 17.7. The number of aryl methyl sites for hydroxylation is 2. The molecule has 4 aromatic rings. The van der Waals surface area contributed by atoms with Crippen molar-refractivity contribution in [3.8, 4) is 17.2 Å². The predicted octanol–water partition coefficient (Wildman–Crippen LogP) is 5.19. The highest BCUT2D eigenvalue weighted by Crippen LogP contribution is 2.44. The van der Waals surface area contributed by atoms with Crippen LogP contribution in [-0.2, 0) is 9.53 Å². The number of nitriles is 1. The van der Waals surface area contributed by atoms with Gasteiger partial charge in [-0.3, -0.25) is 4.79 Å². The zero-order chi connectivity index (χ0) is 27.4. The summed E-state index contributed by atoms with van der Waals surface area (Å²) in [7, 11) is 0. The predicted molar refractivity (Wildman–Crippen MR) is 148 cm³/mol. The molecule has 2 heterocycles. The summed E-state index contributed by atoms with van der Waals surface area (Å²) < 4.78 is 5.48. The Hall–Kier alpha value is -5.23. The number of alkyl carbamates (subject to hydrolysis) is 1. The molecule has 0 saturated heterocycles. The van der Waals surface area contributed by atoms with Crippen molar-refractivity contribution in [2.75, 3.05) is 23.8 Å². The lowest BCUT2D eigenvalue weighted by atomic mass is 9.98. The largest absolute Gasteiger partial charge is 0.449 e. The fourth-order valence-electron chi connectivity index (χ4n) is 4.77. The van der Waals surface area contributed by atoms with Crippen LogP contribution in [-0.4, -0.2) is 35.1 Å². The van der Waals surface area contributed by atoms with Crippen LogP contribution in [0.3, 0.4) is 0 Å². The summed E-state index contributed by atoms with van der Waals surface area (Å²) >= 11 is 0. The van der Waals surface area contributed by atoms with Crippen LogP contribution in [0.25, 0.3) is 11.1 Å². The second-order valence-corrected chi connectivity index (χ2v) is 9.26. The van der Waals surface area contributed by atoms with Crippen LogP contribution in [0.5, 0.6) is 0 Å². The highest BCUT2D eigenvalue weighted by Gasteiger charge is 2.29. The molecule has 39 heavy (non-hydrogen) atoms. The van der Waals surface area contributed by atoms with Crippen molar-refractivity contribution in [2.24, 2.45) is 0 Å². The number of nitrogens with one attached hydrogen (secondary N) is 3. The van der Waals surface area contributed by atoms with E-state index in [1.54, 1.807) is 6.07 Å². The summed E-state index contributed by atoms with van der Waals surface area (Å²) in [5.74, 6) is 0.0241. The number of nitrogens with zero attached hydrogens (tertiary/aromatic N) is 3. The van der Waals surface area contributed by atoms with E-state index in [4.69, 9.17) is 4.74 Å². The lowest BCUT2D eigenvalue weighted by molar-refractivity contribution is -0.115. The molecule has 0 saturated carbocycles. The van der Waals surface area contributed by atoms with Crippen LogP contribution >= 0.6 is 0 Å². The molecule has 5 rings (SSSR count). The maximum atomic E-state index is 12.5. The maximum absolute atomic E-state index is 12.5. The lowest BCUT2D eigenvalue weighted by Gasteiger charge is -2.14. The smallest absolute Gasteiger partial charge is 0.407 e. The molecule has 3 N–H and O–H groups in total. The van der Waals surface area contributed by atoms with Crippen molar-refractivity contribution in [1.29, 1.82) is 5.26 Å². The monoisotopic (exact) mass is 518 g/mol. The summed E-state index contributed by atoms with van der Waals surface area (Å²) in [4.78, 5) is 33.4. The van der Waals surface area contributed by atoms with Gasteiger partial charge in [-0.15, -0.1) is 0 Å². The van der Waals surface area contributed by atoms with Crippen LogP contribution in [0.15, 0.2) is 72.9 Å². The van der Waals surface area contributed by atoms with E-state index in [2.05, 4.69) is 38.1 Å². The van der Waals surface area contributed by atoms with E-state index in [1.807, 2.05) is 68.4 Å². The number of rotatable bonds is 7. The zero-order valence-electron chi connectivity index (χ0n) is 21.5. The van der Waals surface area contributed by atoms with Gasteiger partial charge in [-0.25, -0.2) is 14.8 Å².